The molecule has 1 aliphatic heterocycles. The molecule has 2 aromatic rings. The molecule has 0 aromatic heterocycles. The molecule has 0 saturated carbocycles. The van der Waals surface area contributed by atoms with Crippen molar-refractivity contribution in [2.75, 3.05) is 42.9 Å². The smallest absolute Gasteiger partial charge is 0.262 e. The van der Waals surface area contributed by atoms with Crippen LogP contribution < -0.4 is 19.7 Å². The molecule has 0 spiro atoms. The van der Waals surface area contributed by atoms with Crippen LogP contribution >= 0.6 is 44.3 Å². The van der Waals surface area contributed by atoms with Gasteiger partial charge in [0.05, 0.1) is 27.9 Å². The third-order valence-corrected chi connectivity index (χ3v) is 6.78. The maximum absolute atomic E-state index is 13.9. The van der Waals surface area contributed by atoms with Gasteiger partial charge in [0, 0.05) is 30.7 Å². The standard InChI is InChI=1S/C17H18Br2FN3O3S.ClH/c1-26-16-3-2-12(10-15(16)23-6-4-21-5-7-23)27(24,25)22-14-9-11(18)8-13(20)17(14)19;/h2-3,8-10,21-22H,4-7H2,1H3;1H. The molecule has 1 aliphatic rings. The van der Waals surface area contributed by atoms with E-state index in [0.29, 0.717) is 15.9 Å². The zero-order chi connectivity index (χ0) is 19.6. The largest absolute Gasteiger partial charge is 0.495 e. The Morgan fingerprint density at radius 1 is 1.18 bits per heavy atom. The van der Waals surface area contributed by atoms with E-state index in [0.717, 1.165) is 26.2 Å². The van der Waals surface area contributed by atoms with Gasteiger partial charge in [-0.05, 0) is 46.3 Å². The van der Waals surface area contributed by atoms with Gasteiger partial charge in [0.2, 0.25) is 0 Å². The number of sulfonamides is 1. The van der Waals surface area contributed by atoms with Crippen LogP contribution in [0.15, 0.2) is 44.2 Å². The minimum absolute atomic E-state index is 0. The lowest BCUT2D eigenvalue weighted by molar-refractivity contribution is 0.412. The monoisotopic (exact) mass is 557 g/mol. The first kappa shape index (κ1) is 23.2. The average Bonchev–Trinajstić information content (AvgIpc) is 2.65. The van der Waals surface area contributed by atoms with E-state index in [2.05, 4.69) is 46.8 Å². The van der Waals surface area contributed by atoms with Gasteiger partial charge in [-0.3, -0.25) is 4.72 Å². The minimum Gasteiger partial charge on any atom is -0.495 e. The second kappa shape index (κ2) is 9.62. The van der Waals surface area contributed by atoms with Crippen LogP contribution in [0.4, 0.5) is 15.8 Å². The Bertz CT molecular complexity index is 957. The summed E-state index contributed by atoms with van der Waals surface area (Å²) in [5, 5.41) is 3.26. The number of anilines is 2. The van der Waals surface area contributed by atoms with E-state index in [4.69, 9.17) is 4.74 Å². The normalized spacial score (nSPS) is 14.4. The molecular formula is C17H19Br2ClFN3O3S. The van der Waals surface area contributed by atoms with E-state index >= 15 is 0 Å². The number of hydrogen-bond acceptors (Lipinski definition) is 5. The van der Waals surface area contributed by atoms with E-state index < -0.39 is 15.8 Å². The molecule has 0 bridgehead atoms. The van der Waals surface area contributed by atoms with Gasteiger partial charge in [-0.25, -0.2) is 12.8 Å². The summed E-state index contributed by atoms with van der Waals surface area (Å²) < 4.78 is 47.9. The minimum atomic E-state index is -3.92. The molecule has 1 saturated heterocycles. The van der Waals surface area contributed by atoms with Gasteiger partial charge < -0.3 is 15.0 Å². The van der Waals surface area contributed by atoms with Crippen molar-refractivity contribution in [1.82, 2.24) is 5.32 Å². The van der Waals surface area contributed by atoms with Crippen LogP contribution in [-0.2, 0) is 10.0 Å². The lowest BCUT2D eigenvalue weighted by Gasteiger charge is -2.30. The quantitative estimate of drug-likeness (QED) is 0.543. The summed E-state index contributed by atoms with van der Waals surface area (Å²) in [6, 6.07) is 7.41. The highest BCUT2D eigenvalue weighted by molar-refractivity contribution is 9.11. The summed E-state index contributed by atoms with van der Waals surface area (Å²) >= 11 is 6.25. The summed E-state index contributed by atoms with van der Waals surface area (Å²) in [4.78, 5) is 2.15. The summed E-state index contributed by atoms with van der Waals surface area (Å²) in [6.07, 6.45) is 0. The van der Waals surface area contributed by atoms with Gasteiger partial charge in [0.25, 0.3) is 10.0 Å². The molecule has 0 amide bonds. The van der Waals surface area contributed by atoms with Crippen molar-refractivity contribution < 1.29 is 17.5 Å². The predicted octanol–water partition coefficient (Wildman–Crippen LogP) is 3.99. The van der Waals surface area contributed by atoms with Gasteiger partial charge in [-0.1, -0.05) is 15.9 Å². The second-order valence-electron chi connectivity index (χ2n) is 5.93. The van der Waals surface area contributed by atoms with E-state index in [9.17, 15) is 12.8 Å². The van der Waals surface area contributed by atoms with E-state index in [1.165, 1.54) is 18.2 Å². The van der Waals surface area contributed by atoms with Crippen molar-refractivity contribution in [3.63, 3.8) is 0 Å². The van der Waals surface area contributed by atoms with Crippen molar-refractivity contribution in [2.24, 2.45) is 0 Å². The van der Waals surface area contributed by atoms with Crippen LogP contribution in [0.5, 0.6) is 5.75 Å². The molecule has 0 atom stereocenters. The first-order chi connectivity index (χ1) is 12.8. The molecule has 2 aromatic carbocycles. The van der Waals surface area contributed by atoms with E-state index in [1.54, 1.807) is 19.2 Å². The van der Waals surface area contributed by atoms with E-state index in [1.807, 2.05) is 0 Å². The van der Waals surface area contributed by atoms with Crippen molar-refractivity contribution >= 4 is 65.7 Å². The number of piperazine rings is 1. The zero-order valence-electron chi connectivity index (χ0n) is 14.8. The topological polar surface area (TPSA) is 70.7 Å². The van der Waals surface area contributed by atoms with Gasteiger partial charge >= 0.3 is 0 Å². The molecule has 0 radical (unpaired) electrons. The number of benzene rings is 2. The molecule has 2 N–H and O–H groups in total. The number of halogens is 4. The van der Waals surface area contributed by atoms with Crippen LogP contribution in [0.3, 0.4) is 0 Å². The van der Waals surface area contributed by atoms with Crippen LogP contribution in [-0.4, -0.2) is 41.7 Å². The molecule has 0 unspecified atom stereocenters. The SMILES string of the molecule is COc1ccc(S(=O)(=O)Nc2cc(Br)cc(F)c2Br)cc1N1CCNCC1.Cl. The number of nitrogens with zero attached hydrogens (tertiary/aromatic N) is 1. The number of hydrogen-bond donors (Lipinski definition) is 2. The molecule has 1 heterocycles. The highest BCUT2D eigenvalue weighted by Crippen LogP contribution is 2.34. The average molecular weight is 560 g/mol. The number of ether oxygens (including phenoxy) is 1. The van der Waals surface area contributed by atoms with Gasteiger partial charge in [-0.2, -0.15) is 0 Å². The Morgan fingerprint density at radius 2 is 1.86 bits per heavy atom. The summed E-state index contributed by atoms with van der Waals surface area (Å²) in [7, 11) is -2.37. The van der Waals surface area contributed by atoms with Crippen molar-refractivity contribution in [1.29, 1.82) is 0 Å². The van der Waals surface area contributed by atoms with Crippen LogP contribution in [0.1, 0.15) is 0 Å². The van der Waals surface area contributed by atoms with Gasteiger partial charge in [-0.15, -0.1) is 12.4 Å². The van der Waals surface area contributed by atoms with Crippen LogP contribution in [0, 0.1) is 5.82 Å². The zero-order valence-corrected chi connectivity index (χ0v) is 19.6. The maximum atomic E-state index is 13.9. The number of nitrogens with one attached hydrogen (secondary N) is 2. The van der Waals surface area contributed by atoms with E-state index in [-0.39, 0.29) is 27.5 Å². The Morgan fingerprint density at radius 3 is 2.50 bits per heavy atom. The molecular weight excluding hydrogens is 541 g/mol. The Kier molecular flexibility index (Phi) is 7.97. The molecule has 28 heavy (non-hydrogen) atoms. The second-order valence-corrected chi connectivity index (χ2v) is 9.32. The van der Waals surface area contributed by atoms with Gasteiger partial charge in [0.1, 0.15) is 11.6 Å². The van der Waals surface area contributed by atoms with Crippen molar-refractivity contribution in [3.05, 3.63) is 45.1 Å². The predicted molar refractivity (Wildman–Crippen MR) is 118 cm³/mol. The molecule has 6 nitrogen and oxygen atoms in total. The Labute approximate surface area is 186 Å². The lowest BCUT2D eigenvalue weighted by Crippen LogP contribution is -2.43. The highest BCUT2D eigenvalue weighted by Gasteiger charge is 2.22. The third-order valence-electron chi connectivity index (χ3n) is 4.16. The molecule has 11 heteroatoms. The first-order valence-corrected chi connectivity index (χ1v) is 11.2. The fourth-order valence-electron chi connectivity index (χ4n) is 2.82. The summed E-state index contributed by atoms with van der Waals surface area (Å²) in [5.74, 6) is 0.0313. The molecule has 1 fully saturated rings. The summed E-state index contributed by atoms with van der Waals surface area (Å²) in [5.41, 5.74) is 0.822. The fourth-order valence-corrected chi connectivity index (χ4v) is 4.80. The van der Waals surface area contributed by atoms with Crippen molar-refractivity contribution in [3.8, 4) is 5.75 Å². The third kappa shape index (κ3) is 5.10. The van der Waals surface area contributed by atoms with Crippen LogP contribution in [0.2, 0.25) is 0 Å². The number of methoxy groups -OCH3 is 1. The fraction of sp³-hybridized carbons (Fsp3) is 0.294. The molecule has 3 rings (SSSR count). The van der Waals surface area contributed by atoms with Crippen LogP contribution in [0.25, 0.3) is 0 Å². The van der Waals surface area contributed by atoms with Gasteiger partial charge in [0.15, 0.2) is 0 Å². The first-order valence-electron chi connectivity index (χ1n) is 8.13. The number of rotatable bonds is 5. The Balaban J connectivity index is 0.00000280. The molecule has 154 valence electrons. The van der Waals surface area contributed by atoms with Crippen molar-refractivity contribution in [2.45, 2.75) is 4.90 Å². The molecule has 0 aliphatic carbocycles. The maximum Gasteiger partial charge on any atom is 0.262 e. The summed E-state index contributed by atoms with van der Waals surface area (Å²) in [6.45, 7) is 3.11. The highest BCUT2D eigenvalue weighted by atomic mass is 79.9. The Hall–Kier alpha value is -1.07. The lowest BCUT2D eigenvalue weighted by atomic mass is 10.2.